The van der Waals surface area contributed by atoms with Gasteiger partial charge in [0.25, 0.3) is 5.91 Å². The second-order valence-electron chi connectivity index (χ2n) is 4.88. The summed E-state index contributed by atoms with van der Waals surface area (Å²) in [7, 11) is 3.15. The Morgan fingerprint density at radius 1 is 1.09 bits per heavy atom. The van der Waals surface area contributed by atoms with Crippen LogP contribution >= 0.6 is 11.6 Å². The molecule has 2 rings (SSSR count). The Morgan fingerprint density at radius 2 is 1.78 bits per heavy atom. The van der Waals surface area contributed by atoms with Crippen LogP contribution in [0.5, 0.6) is 11.5 Å². The zero-order valence-electron chi connectivity index (χ0n) is 13.2. The van der Waals surface area contributed by atoms with E-state index in [1.807, 2.05) is 24.3 Å². The topological polar surface area (TPSA) is 47.6 Å². The standard InChI is InChI=1S/C18H18ClNO3/c1-12(18(21)20-15-7-5-4-6-14(15)19)10-13-8-9-16(22-2)17(11-13)23-3/h4-11H,1-3H3,(H,20,21)/b12-10+. The molecule has 120 valence electrons. The van der Waals surface area contributed by atoms with Gasteiger partial charge in [0.05, 0.1) is 24.9 Å². The number of benzene rings is 2. The number of para-hydroxylation sites is 1. The minimum Gasteiger partial charge on any atom is -0.493 e. The molecular weight excluding hydrogens is 314 g/mol. The maximum Gasteiger partial charge on any atom is 0.251 e. The smallest absolute Gasteiger partial charge is 0.251 e. The molecule has 0 bridgehead atoms. The molecule has 2 aromatic rings. The van der Waals surface area contributed by atoms with Crippen LogP contribution in [0.2, 0.25) is 5.02 Å². The number of hydrogen-bond acceptors (Lipinski definition) is 3. The van der Waals surface area contributed by atoms with Gasteiger partial charge in [-0.2, -0.15) is 0 Å². The third-order valence-corrected chi connectivity index (χ3v) is 3.60. The van der Waals surface area contributed by atoms with E-state index in [0.29, 0.717) is 27.8 Å². The molecule has 0 heterocycles. The monoisotopic (exact) mass is 331 g/mol. The molecule has 23 heavy (non-hydrogen) atoms. The summed E-state index contributed by atoms with van der Waals surface area (Å²) in [6.07, 6.45) is 1.77. The first kappa shape index (κ1) is 16.9. The van der Waals surface area contributed by atoms with E-state index in [4.69, 9.17) is 21.1 Å². The number of methoxy groups -OCH3 is 2. The van der Waals surface area contributed by atoms with Crippen LogP contribution in [0.4, 0.5) is 5.69 Å². The molecular formula is C18H18ClNO3. The molecule has 0 unspecified atom stereocenters. The Kier molecular flexibility index (Phi) is 5.66. The van der Waals surface area contributed by atoms with Crippen molar-refractivity contribution in [1.29, 1.82) is 0 Å². The van der Waals surface area contributed by atoms with Crippen molar-refractivity contribution in [3.63, 3.8) is 0 Å². The fourth-order valence-electron chi connectivity index (χ4n) is 2.04. The highest BCUT2D eigenvalue weighted by atomic mass is 35.5. The first-order valence-electron chi connectivity index (χ1n) is 7.01. The molecule has 0 saturated heterocycles. The molecule has 0 aliphatic heterocycles. The molecule has 0 spiro atoms. The summed E-state index contributed by atoms with van der Waals surface area (Å²) in [5.74, 6) is 1.04. The van der Waals surface area contributed by atoms with Crippen molar-refractivity contribution in [2.45, 2.75) is 6.92 Å². The quantitative estimate of drug-likeness (QED) is 0.826. The van der Waals surface area contributed by atoms with E-state index < -0.39 is 0 Å². The number of amides is 1. The van der Waals surface area contributed by atoms with Crippen molar-refractivity contribution in [1.82, 2.24) is 0 Å². The molecule has 2 aromatic carbocycles. The minimum atomic E-state index is -0.215. The Hall–Kier alpha value is -2.46. The van der Waals surface area contributed by atoms with Gasteiger partial charge in [-0.3, -0.25) is 4.79 Å². The summed E-state index contributed by atoms with van der Waals surface area (Å²) in [6, 6.07) is 12.6. The summed E-state index contributed by atoms with van der Waals surface area (Å²) >= 11 is 6.04. The summed E-state index contributed by atoms with van der Waals surface area (Å²) in [4.78, 5) is 12.3. The van der Waals surface area contributed by atoms with E-state index in [1.54, 1.807) is 45.4 Å². The number of anilines is 1. The Balaban J connectivity index is 2.19. The Morgan fingerprint density at radius 3 is 2.43 bits per heavy atom. The number of hydrogen-bond donors (Lipinski definition) is 1. The second-order valence-corrected chi connectivity index (χ2v) is 5.28. The normalized spacial score (nSPS) is 11.0. The van der Waals surface area contributed by atoms with Gasteiger partial charge in [0.1, 0.15) is 0 Å². The lowest BCUT2D eigenvalue weighted by atomic mass is 10.1. The SMILES string of the molecule is COc1ccc(/C=C(\C)C(=O)Nc2ccccc2Cl)cc1OC. The van der Waals surface area contributed by atoms with Crippen molar-refractivity contribution in [2.75, 3.05) is 19.5 Å². The zero-order valence-corrected chi connectivity index (χ0v) is 14.0. The molecule has 0 aliphatic rings. The van der Waals surface area contributed by atoms with Gasteiger partial charge in [-0.1, -0.05) is 29.8 Å². The summed E-state index contributed by atoms with van der Waals surface area (Å²) in [6.45, 7) is 1.74. The fourth-order valence-corrected chi connectivity index (χ4v) is 2.22. The maximum atomic E-state index is 12.3. The van der Waals surface area contributed by atoms with Gasteiger partial charge in [0.2, 0.25) is 0 Å². The van der Waals surface area contributed by atoms with Gasteiger partial charge in [-0.05, 0) is 42.8 Å². The summed E-state index contributed by atoms with van der Waals surface area (Å²) < 4.78 is 10.5. The van der Waals surface area contributed by atoms with Crippen molar-refractivity contribution in [3.05, 3.63) is 58.6 Å². The van der Waals surface area contributed by atoms with E-state index in [0.717, 1.165) is 5.56 Å². The van der Waals surface area contributed by atoms with Gasteiger partial charge in [0.15, 0.2) is 11.5 Å². The molecule has 0 aromatic heterocycles. The average Bonchev–Trinajstić information content (AvgIpc) is 2.56. The molecule has 0 aliphatic carbocycles. The van der Waals surface area contributed by atoms with Gasteiger partial charge in [0, 0.05) is 5.57 Å². The highest BCUT2D eigenvalue weighted by molar-refractivity contribution is 6.33. The lowest BCUT2D eigenvalue weighted by molar-refractivity contribution is -0.112. The first-order chi connectivity index (χ1) is 11.0. The highest BCUT2D eigenvalue weighted by Gasteiger charge is 2.09. The number of nitrogens with one attached hydrogen (secondary N) is 1. The number of carbonyl (C=O) groups excluding carboxylic acids is 1. The fraction of sp³-hybridized carbons (Fsp3) is 0.167. The van der Waals surface area contributed by atoms with Crippen LogP contribution in [-0.4, -0.2) is 20.1 Å². The Labute approximate surface area is 140 Å². The average molecular weight is 332 g/mol. The summed E-state index contributed by atoms with van der Waals surface area (Å²) in [5, 5.41) is 3.29. The molecule has 0 fully saturated rings. The van der Waals surface area contributed by atoms with Crippen LogP contribution in [0, 0.1) is 0 Å². The number of ether oxygens (including phenoxy) is 2. The van der Waals surface area contributed by atoms with Crippen LogP contribution < -0.4 is 14.8 Å². The van der Waals surface area contributed by atoms with Crippen LogP contribution in [0.1, 0.15) is 12.5 Å². The number of rotatable bonds is 5. The van der Waals surface area contributed by atoms with E-state index in [9.17, 15) is 4.79 Å². The van der Waals surface area contributed by atoms with E-state index in [1.165, 1.54) is 0 Å². The lowest BCUT2D eigenvalue weighted by Gasteiger charge is -2.09. The second kappa shape index (κ2) is 7.70. The van der Waals surface area contributed by atoms with E-state index >= 15 is 0 Å². The third kappa shape index (κ3) is 4.27. The molecule has 0 saturated carbocycles. The molecule has 4 nitrogen and oxygen atoms in total. The zero-order chi connectivity index (χ0) is 16.8. The predicted molar refractivity (Wildman–Crippen MR) is 93.3 cm³/mol. The minimum absolute atomic E-state index is 0.215. The van der Waals surface area contributed by atoms with Crippen molar-refractivity contribution in [2.24, 2.45) is 0 Å². The third-order valence-electron chi connectivity index (χ3n) is 3.27. The van der Waals surface area contributed by atoms with Crippen molar-refractivity contribution < 1.29 is 14.3 Å². The highest BCUT2D eigenvalue weighted by Crippen LogP contribution is 2.28. The lowest BCUT2D eigenvalue weighted by Crippen LogP contribution is -2.12. The van der Waals surface area contributed by atoms with Crippen LogP contribution in [-0.2, 0) is 4.79 Å². The number of carbonyl (C=O) groups is 1. The van der Waals surface area contributed by atoms with Crippen LogP contribution in [0.15, 0.2) is 48.0 Å². The van der Waals surface area contributed by atoms with Crippen LogP contribution in [0.3, 0.4) is 0 Å². The molecule has 0 atom stereocenters. The number of halogens is 1. The van der Waals surface area contributed by atoms with Gasteiger partial charge >= 0.3 is 0 Å². The van der Waals surface area contributed by atoms with E-state index in [2.05, 4.69) is 5.32 Å². The summed E-state index contributed by atoms with van der Waals surface area (Å²) in [5.41, 5.74) is 1.98. The maximum absolute atomic E-state index is 12.3. The largest absolute Gasteiger partial charge is 0.493 e. The molecule has 5 heteroatoms. The Bertz CT molecular complexity index is 741. The predicted octanol–water partition coefficient (Wildman–Crippen LogP) is 4.40. The molecule has 1 N–H and O–H groups in total. The van der Waals surface area contributed by atoms with Crippen LogP contribution in [0.25, 0.3) is 6.08 Å². The van der Waals surface area contributed by atoms with Gasteiger partial charge in [-0.15, -0.1) is 0 Å². The van der Waals surface area contributed by atoms with Gasteiger partial charge < -0.3 is 14.8 Å². The van der Waals surface area contributed by atoms with E-state index in [-0.39, 0.29) is 5.91 Å². The first-order valence-corrected chi connectivity index (χ1v) is 7.39. The van der Waals surface area contributed by atoms with Crippen molar-refractivity contribution in [3.8, 4) is 11.5 Å². The van der Waals surface area contributed by atoms with Crippen molar-refractivity contribution >= 4 is 29.3 Å². The molecule has 0 radical (unpaired) electrons. The molecule has 1 amide bonds. The van der Waals surface area contributed by atoms with Gasteiger partial charge in [-0.25, -0.2) is 0 Å².